The van der Waals surface area contributed by atoms with E-state index in [-0.39, 0.29) is 18.7 Å². The van der Waals surface area contributed by atoms with Crippen molar-refractivity contribution in [2.45, 2.75) is 26.0 Å². The SMILES string of the molecule is Cc1ccccc1[C@H]1CN(CC(=O)O)[C@@H](C)CO1. The molecule has 1 heterocycles. The second kappa shape index (κ2) is 5.50. The van der Waals surface area contributed by atoms with Crippen molar-refractivity contribution >= 4 is 5.97 Å². The first-order valence-electron chi connectivity index (χ1n) is 6.21. The summed E-state index contributed by atoms with van der Waals surface area (Å²) in [5.41, 5.74) is 2.34. The molecule has 0 unspecified atom stereocenters. The summed E-state index contributed by atoms with van der Waals surface area (Å²) in [5, 5.41) is 8.91. The minimum absolute atomic E-state index is 0.0262. The van der Waals surface area contributed by atoms with Gasteiger partial charge in [0.15, 0.2) is 0 Å². The number of ether oxygens (including phenoxy) is 1. The zero-order valence-corrected chi connectivity index (χ0v) is 10.8. The topological polar surface area (TPSA) is 49.8 Å². The van der Waals surface area contributed by atoms with Crippen LogP contribution in [0.3, 0.4) is 0 Å². The lowest BCUT2D eigenvalue weighted by Gasteiger charge is -2.37. The standard InChI is InChI=1S/C14H19NO3/c1-10-5-3-4-6-12(10)13-7-15(8-14(16)17)11(2)9-18-13/h3-6,11,13H,7-9H2,1-2H3,(H,16,17)/t11-,13+/m0/s1. The second-order valence-electron chi connectivity index (χ2n) is 4.85. The van der Waals surface area contributed by atoms with Crippen LogP contribution in [-0.2, 0) is 9.53 Å². The highest BCUT2D eigenvalue weighted by Crippen LogP contribution is 2.26. The van der Waals surface area contributed by atoms with Crippen molar-refractivity contribution in [2.24, 2.45) is 0 Å². The number of hydrogen-bond donors (Lipinski definition) is 1. The molecule has 4 heteroatoms. The Hall–Kier alpha value is -1.39. The lowest BCUT2D eigenvalue weighted by Crippen LogP contribution is -2.47. The van der Waals surface area contributed by atoms with Crippen molar-refractivity contribution in [3.63, 3.8) is 0 Å². The molecule has 0 aromatic heterocycles. The molecule has 0 aliphatic carbocycles. The molecular formula is C14H19NO3. The molecule has 1 aromatic rings. The first kappa shape index (κ1) is 13.1. The maximum absolute atomic E-state index is 10.8. The van der Waals surface area contributed by atoms with E-state index >= 15 is 0 Å². The van der Waals surface area contributed by atoms with E-state index in [0.717, 1.165) is 5.56 Å². The fourth-order valence-electron chi connectivity index (χ4n) is 2.34. The van der Waals surface area contributed by atoms with Gasteiger partial charge in [-0.3, -0.25) is 9.69 Å². The van der Waals surface area contributed by atoms with Crippen molar-refractivity contribution in [1.29, 1.82) is 0 Å². The molecule has 0 saturated carbocycles. The Balaban J connectivity index is 2.12. The van der Waals surface area contributed by atoms with Gasteiger partial charge >= 0.3 is 5.97 Å². The summed E-state index contributed by atoms with van der Waals surface area (Å²) >= 11 is 0. The maximum Gasteiger partial charge on any atom is 0.317 e. The van der Waals surface area contributed by atoms with E-state index in [2.05, 4.69) is 19.1 Å². The van der Waals surface area contributed by atoms with Crippen LogP contribution in [0.5, 0.6) is 0 Å². The summed E-state index contributed by atoms with van der Waals surface area (Å²) in [6.45, 7) is 5.34. The minimum Gasteiger partial charge on any atom is -0.480 e. The molecule has 0 spiro atoms. The summed E-state index contributed by atoms with van der Waals surface area (Å²) in [5.74, 6) is -0.785. The number of carboxylic acids is 1. The third-order valence-corrected chi connectivity index (χ3v) is 3.44. The largest absolute Gasteiger partial charge is 0.480 e. The molecule has 2 rings (SSSR count). The molecule has 0 radical (unpaired) electrons. The molecule has 0 bridgehead atoms. The fraction of sp³-hybridized carbons (Fsp3) is 0.500. The fourth-order valence-corrected chi connectivity index (χ4v) is 2.34. The minimum atomic E-state index is -0.785. The molecule has 1 aliphatic rings. The summed E-state index contributed by atoms with van der Waals surface area (Å²) in [7, 11) is 0. The molecule has 98 valence electrons. The molecule has 4 nitrogen and oxygen atoms in total. The number of carbonyl (C=O) groups is 1. The van der Waals surface area contributed by atoms with Crippen molar-refractivity contribution < 1.29 is 14.6 Å². The van der Waals surface area contributed by atoms with E-state index in [0.29, 0.717) is 13.2 Å². The first-order valence-corrected chi connectivity index (χ1v) is 6.21. The molecule has 1 aromatic carbocycles. The highest BCUT2D eigenvalue weighted by Gasteiger charge is 2.28. The van der Waals surface area contributed by atoms with E-state index in [1.165, 1.54) is 5.56 Å². The molecule has 2 atom stereocenters. The number of aryl methyl sites for hydroxylation is 1. The molecule has 18 heavy (non-hydrogen) atoms. The Morgan fingerprint density at radius 3 is 2.89 bits per heavy atom. The van der Waals surface area contributed by atoms with Gasteiger partial charge in [0.05, 0.1) is 19.3 Å². The van der Waals surface area contributed by atoms with Gasteiger partial charge in [-0.05, 0) is 25.0 Å². The summed E-state index contributed by atoms with van der Waals surface area (Å²) in [6.07, 6.45) is -0.0262. The third-order valence-electron chi connectivity index (χ3n) is 3.44. The zero-order chi connectivity index (χ0) is 13.1. The van der Waals surface area contributed by atoms with E-state index < -0.39 is 5.97 Å². The van der Waals surface area contributed by atoms with E-state index in [4.69, 9.17) is 9.84 Å². The number of benzene rings is 1. The van der Waals surface area contributed by atoms with E-state index in [9.17, 15) is 4.79 Å². The molecule has 1 N–H and O–H groups in total. The smallest absolute Gasteiger partial charge is 0.317 e. The van der Waals surface area contributed by atoms with Crippen molar-refractivity contribution in [3.8, 4) is 0 Å². The molecule has 1 fully saturated rings. The van der Waals surface area contributed by atoms with Crippen molar-refractivity contribution in [2.75, 3.05) is 19.7 Å². The Labute approximate surface area is 107 Å². The highest BCUT2D eigenvalue weighted by atomic mass is 16.5. The molecule has 1 saturated heterocycles. The van der Waals surface area contributed by atoms with Gasteiger partial charge in [-0.15, -0.1) is 0 Å². The number of carboxylic acid groups (broad SMARTS) is 1. The Morgan fingerprint density at radius 1 is 1.50 bits per heavy atom. The van der Waals surface area contributed by atoms with Crippen LogP contribution >= 0.6 is 0 Å². The van der Waals surface area contributed by atoms with Crippen LogP contribution in [0.15, 0.2) is 24.3 Å². The number of nitrogens with zero attached hydrogens (tertiary/aromatic N) is 1. The van der Waals surface area contributed by atoms with Gasteiger partial charge in [-0.1, -0.05) is 24.3 Å². The van der Waals surface area contributed by atoms with Gasteiger partial charge < -0.3 is 9.84 Å². The van der Waals surface area contributed by atoms with E-state index in [1.54, 1.807) is 0 Å². The van der Waals surface area contributed by atoms with Crippen LogP contribution in [0.25, 0.3) is 0 Å². The van der Waals surface area contributed by atoms with Crippen LogP contribution in [0.1, 0.15) is 24.2 Å². The van der Waals surface area contributed by atoms with Crippen LogP contribution in [0.2, 0.25) is 0 Å². The summed E-state index contributed by atoms with van der Waals surface area (Å²) in [4.78, 5) is 12.8. The van der Waals surface area contributed by atoms with Gasteiger partial charge in [-0.25, -0.2) is 0 Å². The van der Waals surface area contributed by atoms with Gasteiger partial charge in [0.1, 0.15) is 0 Å². The Bertz CT molecular complexity index is 433. The highest BCUT2D eigenvalue weighted by molar-refractivity contribution is 5.69. The normalized spacial score (nSPS) is 25.0. The maximum atomic E-state index is 10.8. The van der Waals surface area contributed by atoms with Crippen LogP contribution in [0.4, 0.5) is 0 Å². The predicted octanol–water partition coefficient (Wildman–Crippen LogP) is 1.84. The number of morpholine rings is 1. The molecular weight excluding hydrogens is 230 g/mol. The number of rotatable bonds is 3. The average molecular weight is 249 g/mol. The number of hydrogen-bond acceptors (Lipinski definition) is 3. The first-order chi connectivity index (χ1) is 8.58. The molecule has 1 aliphatic heterocycles. The van der Waals surface area contributed by atoms with Crippen LogP contribution in [0, 0.1) is 6.92 Å². The second-order valence-corrected chi connectivity index (χ2v) is 4.85. The van der Waals surface area contributed by atoms with E-state index in [1.807, 2.05) is 24.0 Å². The monoisotopic (exact) mass is 249 g/mol. The molecule has 0 amide bonds. The van der Waals surface area contributed by atoms with Crippen LogP contribution < -0.4 is 0 Å². The van der Waals surface area contributed by atoms with Gasteiger partial charge in [0, 0.05) is 12.6 Å². The van der Waals surface area contributed by atoms with Crippen molar-refractivity contribution in [3.05, 3.63) is 35.4 Å². The van der Waals surface area contributed by atoms with Gasteiger partial charge in [-0.2, -0.15) is 0 Å². The summed E-state index contributed by atoms with van der Waals surface area (Å²) < 4.78 is 5.83. The van der Waals surface area contributed by atoms with Crippen molar-refractivity contribution in [1.82, 2.24) is 4.90 Å². The lowest BCUT2D eigenvalue weighted by atomic mass is 10.0. The third kappa shape index (κ3) is 2.89. The van der Waals surface area contributed by atoms with Gasteiger partial charge in [0.25, 0.3) is 0 Å². The number of aliphatic carboxylic acids is 1. The summed E-state index contributed by atoms with van der Waals surface area (Å²) in [6, 6.07) is 8.25. The average Bonchev–Trinajstić information content (AvgIpc) is 2.32. The lowest BCUT2D eigenvalue weighted by molar-refractivity contribution is -0.142. The Kier molecular flexibility index (Phi) is 3.99. The Morgan fingerprint density at radius 2 is 2.22 bits per heavy atom. The van der Waals surface area contributed by atoms with Gasteiger partial charge in [0.2, 0.25) is 0 Å². The van der Waals surface area contributed by atoms with Crippen LogP contribution in [-0.4, -0.2) is 41.7 Å². The predicted molar refractivity (Wildman–Crippen MR) is 68.5 cm³/mol. The zero-order valence-electron chi connectivity index (χ0n) is 10.8. The quantitative estimate of drug-likeness (QED) is 0.888.